The van der Waals surface area contributed by atoms with Crippen LogP contribution in [0.4, 0.5) is 0 Å². The zero-order chi connectivity index (χ0) is 10.4. The predicted octanol–water partition coefficient (Wildman–Crippen LogP) is 1.62. The van der Waals surface area contributed by atoms with Gasteiger partial charge in [-0.1, -0.05) is 30.3 Å². The molecule has 14 heavy (non-hydrogen) atoms. The topological polar surface area (TPSA) is 38.0 Å². The van der Waals surface area contributed by atoms with Crippen LogP contribution in [0.5, 0.6) is 0 Å². The molecule has 0 atom stereocenters. The summed E-state index contributed by atoms with van der Waals surface area (Å²) in [6.07, 6.45) is 4.65. The largest absolute Gasteiger partial charge is 0.329 e. The van der Waals surface area contributed by atoms with E-state index in [0.29, 0.717) is 6.54 Å². The second kappa shape index (κ2) is 5.39. The number of nitrogens with two attached hydrogens (primary N) is 1. The summed E-state index contributed by atoms with van der Waals surface area (Å²) in [7, 11) is -0.699. The number of hydrogen-bond acceptors (Lipinski definition) is 2. The van der Waals surface area contributed by atoms with E-state index >= 15 is 0 Å². The normalized spacial score (nSPS) is 12.8. The molecule has 3 N–H and O–H groups in total. The molecule has 0 aliphatic rings. The number of hydrogen-bond donors (Lipinski definition) is 2. The molecule has 0 amide bonds. The Morgan fingerprint density at radius 2 is 1.86 bits per heavy atom. The second-order valence-corrected chi connectivity index (χ2v) is 7.62. The standard InChI is InChI=1S/C11H20N2S/c1-14(2,10-13-9-8-12)11-6-4-3-5-7-11/h3-7,13H,8-10,12H2,1-2H3. The molecular weight excluding hydrogens is 192 g/mol. The summed E-state index contributed by atoms with van der Waals surface area (Å²) >= 11 is 0. The Morgan fingerprint density at radius 3 is 2.43 bits per heavy atom. The van der Waals surface area contributed by atoms with Gasteiger partial charge in [0.1, 0.15) is 0 Å². The maximum Gasteiger partial charge on any atom is 0.0294 e. The lowest BCUT2D eigenvalue weighted by Crippen LogP contribution is -2.26. The maximum absolute atomic E-state index is 5.44. The summed E-state index contributed by atoms with van der Waals surface area (Å²) in [4.78, 5) is 1.45. The Hall–Kier alpha value is -0.510. The summed E-state index contributed by atoms with van der Waals surface area (Å²) in [6.45, 7) is 1.62. The molecular formula is C11H20N2S. The maximum atomic E-state index is 5.44. The zero-order valence-electron chi connectivity index (χ0n) is 8.99. The molecule has 0 aliphatic carbocycles. The molecule has 0 saturated heterocycles. The average Bonchev–Trinajstić information content (AvgIpc) is 2.19. The lowest BCUT2D eigenvalue weighted by molar-refractivity contribution is 0.780. The molecule has 3 heteroatoms. The molecule has 1 rings (SSSR count). The third-order valence-electron chi connectivity index (χ3n) is 2.17. The SMILES string of the molecule is CS(C)(CNCCN)c1ccccc1. The van der Waals surface area contributed by atoms with Crippen LogP contribution in [-0.2, 0) is 0 Å². The molecule has 0 saturated carbocycles. The summed E-state index contributed by atoms with van der Waals surface area (Å²) in [5.41, 5.74) is 5.44. The minimum atomic E-state index is -0.699. The van der Waals surface area contributed by atoms with Gasteiger partial charge >= 0.3 is 0 Å². The fourth-order valence-electron chi connectivity index (χ4n) is 1.30. The van der Waals surface area contributed by atoms with Gasteiger partial charge in [-0.05, 0) is 17.4 Å². The Morgan fingerprint density at radius 1 is 1.21 bits per heavy atom. The van der Waals surface area contributed by atoms with Crippen LogP contribution in [0.3, 0.4) is 0 Å². The van der Waals surface area contributed by atoms with Crippen molar-refractivity contribution in [1.82, 2.24) is 5.32 Å². The van der Waals surface area contributed by atoms with Gasteiger partial charge in [0.15, 0.2) is 0 Å². The van der Waals surface area contributed by atoms with Gasteiger partial charge < -0.3 is 11.1 Å². The van der Waals surface area contributed by atoms with E-state index in [2.05, 4.69) is 48.2 Å². The minimum absolute atomic E-state index is 0.699. The van der Waals surface area contributed by atoms with E-state index < -0.39 is 10.0 Å². The number of nitrogens with one attached hydrogen (secondary N) is 1. The second-order valence-electron chi connectivity index (χ2n) is 3.78. The van der Waals surface area contributed by atoms with Gasteiger partial charge in [0.2, 0.25) is 0 Å². The van der Waals surface area contributed by atoms with Gasteiger partial charge in [-0.15, -0.1) is 0 Å². The van der Waals surface area contributed by atoms with Gasteiger partial charge in [-0.3, -0.25) is 0 Å². The van der Waals surface area contributed by atoms with Crippen LogP contribution in [0, 0.1) is 0 Å². The van der Waals surface area contributed by atoms with E-state index in [1.54, 1.807) is 0 Å². The van der Waals surface area contributed by atoms with Crippen LogP contribution < -0.4 is 11.1 Å². The van der Waals surface area contributed by atoms with Crippen molar-refractivity contribution in [3.05, 3.63) is 30.3 Å². The quantitative estimate of drug-likeness (QED) is 0.728. The third-order valence-corrected chi connectivity index (χ3v) is 4.64. The predicted molar refractivity (Wildman–Crippen MR) is 66.1 cm³/mol. The van der Waals surface area contributed by atoms with Crippen LogP contribution in [-0.4, -0.2) is 31.5 Å². The lowest BCUT2D eigenvalue weighted by atomic mass is 10.4. The first-order chi connectivity index (χ1) is 6.67. The monoisotopic (exact) mass is 212 g/mol. The fraction of sp³-hybridized carbons (Fsp3) is 0.455. The first kappa shape index (κ1) is 11.6. The number of rotatable bonds is 5. The Kier molecular flexibility index (Phi) is 4.45. The molecule has 1 aromatic carbocycles. The van der Waals surface area contributed by atoms with E-state index in [4.69, 9.17) is 5.73 Å². The first-order valence-corrected chi connectivity index (χ1v) is 7.45. The van der Waals surface area contributed by atoms with Gasteiger partial charge in [-0.25, -0.2) is 10.0 Å². The van der Waals surface area contributed by atoms with Gasteiger partial charge in [-0.2, -0.15) is 0 Å². The summed E-state index contributed by atoms with van der Waals surface area (Å²) < 4.78 is 0. The van der Waals surface area contributed by atoms with Crippen molar-refractivity contribution in [3.8, 4) is 0 Å². The van der Waals surface area contributed by atoms with E-state index in [9.17, 15) is 0 Å². The minimum Gasteiger partial charge on any atom is -0.329 e. The highest BCUT2D eigenvalue weighted by atomic mass is 32.3. The van der Waals surface area contributed by atoms with Crippen molar-refractivity contribution in [2.75, 3.05) is 31.5 Å². The molecule has 80 valence electrons. The van der Waals surface area contributed by atoms with Gasteiger partial charge in [0, 0.05) is 19.0 Å². The smallest absolute Gasteiger partial charge is 0.0294 e. The van der Waals surface area contributed by atoms with Crippen LogP contribution in [0.25, 0.3) is 0 Å². The van der Waals surface area contributed by atoms with Gasteiger partial charge in [0.05, 0.1) is 0 Å². The van der Waals surface area contributed by atoms with Crippen molar-refractivity contribution >= 4 is 10.0 Å². The highest BCUT2D eigenvalue weighted by molar-refractivity contribution is 8.32. The molecule has 0 aromatic heterocycles. The zero-order valence-corrected chi connectivity index (χ0v) is 9.81. The molecule has 0 radical (unpaired) electrons. The third kappa shape index (κ3) is 3.33. The Balaban J connectivity index is 2.56. The average molecular weight is 212 g/mol. The Bertz CT molecular complexity index is 259. The van der Waals surface area contributed by atoms with Crippen LogP contribution in [0.1, 0.15) is 0 Å². The molecule has 0 aliphatic heterocycles. The van der Waals surface area contributed by atoms with Gasteiger partial charge in [0.25, 0.3) is 0 Å². The highest BCUT2D eigenvalue weighted by Gasteiger charge is 2.12. The molecule has 0 unspecified atom stereocenters. The van der Waals surface area contributed by atoms with Crippen molar-refractivity contribution in [2.24, 2.45) is 5.73 Å². The summed E-state index contributed by atoms with van der Waals surface area (Å²) in [6, 6.07) is 10.7. The summed E-state index contributed by atoms with van der Waals surface area (Å²) in [5, 5.41) is 3.39. The van der Waals surface area contributed by atoms with Crippen molar-refractivity contribution in [1.29, 1.82) is 0 Å². The highest BCUT2D eigenvalue weighted by Crippen LogP contribution is 2.47. The Labute approximate surface area is 88.2 Å². The van der Waals surface area contributed by atoms with Crippen LogP contribution in [0.2, 0.25) is 0 Å². The first-order valence-electron chi connectivity index (χ1n) is 4.84. The van der Waals surface area contributed by atoms with Crippen molar-refractivity contribution in [3.63, 3.8) is 0 Å². The molecule has 0 spiro atoms. The summed E-state index contributed by atoms with van der Waals surface area (Å²) in [5.74, 6) is 1.05. The molecule has 1 aromatic rings. The van der Waals surface area contributed by atoms with E-state index in [0.717, 1.165) is 12.4 Å². The van der Waals surface area contributed by atoms with E-state index in [-0.39, 0.29) is 0 Å². The fourth-order valence-corrected chi connectivity index (χ4v) is 3.02. The van der Waals surface area contributed by atoms with Crippen molar-refractivity contribution in [2.45, 2.75) is 4.90 Å². The van der Waals surface area contributed by atoms with Crippen LogP contribution >= 0.6 is 10.0 Å². The molecule has 0 bridgehead atoms. The molecule has 2 nitrogen and oxygen atoms in total. The van der Waals surface area contributed by atoms with E-state index in [1.807, 2.05) is 0 Å². The van der Waals surface area contributed by atoms with E-state index in [1.165, 1.54) is 4.90 Å². The number of benzene rings is 1. The molecule has 0 heterocycles. The van der Waals surface area contributed by atoms with Crippen LogP contribution in [0.15, 0.2) is 35.2 Å². The lowest BCUT2D eigenvalue weighted by Gasteiger charge is -2.31. The van der Waals surface area contributed by atoms with Crippen molar-refractivity contribution < 1.29 is 0 Å². The molecule has 0 fully saturated rings.